The number of halogens is 3. The summed E-state index contributed by atoms with van der Waals surface area (Å²) in [4.78, 5) is 35.4. The zero-order chi connectivity index (χ0) is 22.6. The highest BCUT2D eigenvalue weighted by molar-refractivity contribution is 5.90. The molecule has 0 aromatic carbocycles. The molecule has 13 heteroatoms. The lowest BCUT2D eigenvalue weighted by atomic mass is 9.90. The van der Waals surface area contributed by atoms with Crippen LogP contribution in [0.1, 0.15) is 28.0 Å². The largest absolute Gasteiger partial charge is 0.490 e. The van der Waals surface area contributed by atoms with E-state index >= 15 is 0 Å². The number of nitrogens with zero attached hydrogens (tertiary/aromatic N) is 3. The second kappa shape index (κ2) is 8.90. The quantitative estimate of drug-likeness (QED) is 0.544. The lowest BCUT2D eigenvalue weighted by Gasteiger charge is -2.14. The van der Waals surface area contributed by atoms with Crippen molar-refractivity contribution in [1.29, 1.82) is 0 Å². The van der Waals surface area contributed by atoms with Crippen molar-refractivity contribution in [2.45, 2.75) is 38.0 Å². The molecule has 0 spiro atoms. The smallest absolute Gasteiger partial charge is 0.480 e. The molecule has 10 nitrogen and oxygen atoms in total. The number of fused-ring (bicyclic) bond motifs is 3. The van der Waals surface area contributed by atoms with E-state index in [1.807, 2.05) is 6.07 Å². The summed E-state index contributed by atoms with van der Waals surface area (Å²) >= 11 is 0. The zero-order valence-corrected chi connectivity index (χ0v) is 15.3. The van der Waals surface area contributed by atoms with Gasteiger partial charge in [-0.3, -0.25) is 14.5 Å². The summed E-state index contributed by atoms with van der Waals surface area (Å²) in [6.07, 6.45) is -0.289. The van der Waals surface area contributed by atoms with Crippen LogP contribution in [0.25, 0.3) is 11.3 Å². The van der Waals surface area contributed by atoms with Crippen molar-refractivity contribution in [2.24, 2.45) is 5.73 Å². The van der Waals surface area contributed by atoms with Crippen molar-refractivity contribution < 1.29 is 42.9 Å². The molecule has 2 aromatic rings. The van der Waals surface area contributed by atoms with Crippen LogP contribution in [0.15, 0.2) is 18.5 Å². The van der Waals surface area contributed by atoms with Gasteiger partial charge in [-0.2, -0.15) is 18.3 Å². The molecule has 5 N–H and O–H groups in total. The predicted octanol–water partition coefficient (Wildman–Crippen LogP) is 1.18. The van der Waals surface area contributed by atoms with Gasteiger partial charge in [0.05, 0.1) is 5.69 Å². The Labute approximate surface area is 166 Å². The van der Waals surface area contributed by atoms with Crippen molar-refractivity contribution in [2.75, 3.05) is 0 Å². The fourth-order valence-corrected chi connectivity index (χ4v) is 2.86. The summed E-state index contributed by atoms with van der Waals surface area (Å²) in [5.41, 5.74) is 8.83. The van der Waals surface area contributed by atoms with Crippen molar-refractivity contribution in [3.05, 3.63) is 35.3 Å². The number of aromatic carboxylic acids is 1. The molecule has 1 aliphatic rings. The van der Waals surface area contributed by atoms with E-state index in [1.165, 1.54) is 4.68 Å². The second-order valence-corrected chi connectivity index (χ2v) is 6.27. The Balaban J connectivity index is 0.000000396. The minimum atomic E-state index is -5.08. The van der Waals surface area contributed by atoms with Crippen LogP contribution in [0.5, 0.6) is 0 Å². The Kier molecular flexibility index (Phi) is 6.77. The van der Waals surface area contributed by atoms with Gasteiger partial charge in [0.2, 0.25) is 0 Å². The molecule has 162 valence electrons. The predicted molar refractivity (Wildman–Crippen MR) is 93.7 cm³/mol. The fraction of sp³-hybridized carbons (Fsp3) is 0.353. The molecule has 1 atom stereocenters. The summed E-state index contributed by atoms with van der Waals surface area (Å²) in [5.74, 6) is -4.94. The average molecular weight is 430 g/mol. The minimum Gasteiger partial charge on any atom is -0.480 e. The summed E-state index contributed by atoms with van der Waals surface area (Å²) in [6.45, 7) is 0.141. The van der Waals surface area contributed by atoms with Gasteiger partial charge in [-0.25, -0.2) is 9.59 Å². The molecule has 0 fully saturated rings. The normalized spacial score (nSPS) is 13.3. The number of nitrogens with two attached hydrogens (primary N) is 1. The van der Waals surface area contributed by atoms with E-state index < -0.39 is 30.1 Å². The fourth-order valence-electron chi connectivity index (χ4n) is 2.86. The second-order valence-electron chi connectivity index (χ2n) is 6.27. The Hall–Kier alpha value is -3.48. The standard InChI is InChI=1S/C15H16N4O4.C2HF3O2/c16-11(14(20)21)4-6-19-13(15(22)23)10-2-1-8-7-17-5-3-9(8)12(10)18-19;3-2(4,5)1(6)7/h3,5,7,11H,1-2,4,6,16H2,(H,20,21)(H,22,23);(H,6,7). The highest BCUT2D eigenvalue weighted by Gasteiger charge is 2.38. The van der Waals surface area contributed by atoms with Gasteiger partial charge in [-0.1, -0.05) is 0 Å². The molecule has 30 heavy (non-hydrogen) atoms. The van der Waals surface area contributed by atoms with E-state index in [9.17, 15) is 27.9 Å². The lowest BCUT2D eigenvalue weighted by molar-refractivity contribution is -0.192. The molecule has 2 heterocycles. The van der Waals surface area contributed by atoms with Crippen LogP contribution >= 0.6 is 0 Å². The molecular formula is C17H17F3N4O6. The zero-order valence-electron chi connectivity index (χ0n) is 15.3. The highest BCUT2D eigenvalue weighted by Crippen LogP contribution is 2.34. The Morgan fingerprint density at radius 1 is 1.20 bits per heavy atom. The van der Waals surface area contributed by atoms with E-state index in [-0.39, 0.29) is 18.7 Å². The first kappa shape index (κ1) is 22.8. The number of carbonyl (C=O) groups is 3. The Morgan fingerprint density at radius 2 is 1.83 bits per heavy atom. The summed E-state index contributed by atoms with van der Waals surface area (Å²) in [5, 5.41) is 29.9. The van der Waals surface area contributed by atoms with E-state index in [0.717, 1.165) is 11.1 Å². The van der Waals surface area contributed by atoms with Gasteiger partial charge in [0.1, 0.15) is 11.7 Å². The number of hydrogen-bond acceptors (Lipinski definition) is 6. The first-order valence-corrected chi connectivity index (χ1v) is 8.48. The average Bonchev–Trinajstić information content (AvgIpc) is 3.04. The molecule has 0 aliphatic heterocycles. The topological polar surface area (TPSA) is 169 Å². The van der Waals surface area contributed by atoms with E-state index in [2.05, 4.69) is 10.1 Å². The monoisotopic (exact) mass is 430 g/mol. The first-order chi connectivity index (χ1) is 13.9. The number of aryl methyl sites for hydroxylation is 2. The van der Waals surface area contributed by atoms with Crippen molar-refractivity contribution in [3.8, 4) is 11.3 Å². The van der Waals surface area contributed by atoms with Gasteiger partial charge in [0.15, 0.2) is 0 Å². The molecule has 0 saturated carbocycles. The number of pyridine rings is 1. The van der Waals surface area contributed by atoms with Crippen LogP contribution in [-0.2, 0) is 29.0 Å². The molecule has 0 saturated heterocycles. The maximum absolute atomic E-state index is 11.6. The minimum absolute atomic E-state index is 0.110. The third-order valence-corrected chi connectivity index (χ3v) is 4.27. The molecule has 1 aliphatic carbocycles. The maximum Gasteiger partial charge on any atom is 0.490 e. The van der Waals surface area contributed by atoms with Gasteiger partial charge < -0.3 is 21.1 Å². The van der Waals surface area contributed by atoms with Crippen LogP contribution in [-0.4, -0.2) is 60.2 Å². The van der Waals surface area contributed by atoms with Crippen LogP contribution in [0, 0.1) is 0 Å². The number of carboxylic acids is 3. The van der Waals surface area contributed by atoms with Crippen molar-refractivity contribution >= 4 is 17.9 Å². The molecule has 0 radical (unpaired) electrons. The Morgan fingerprint density at radius 3 is 2.37 bits per heavy atom. The third kappa shape index (κ3) is 5.11. The molecule has 2 aromatic heterocycles. The van der Waals surface area contributed by atoms with Crippen LogP contribution in [0.3, 0.4) is 0 Å². The van der Waals surface area contributed by atoms with Crippen molar-refractivity contribution in [3.63, 3.8) is 0 Å². The lowest BCUT2D eigenvalue weighted by Crippen LogP contribution is -2.31. The number of aromatic nitrogens is 3. The van der Waals surface area contributed by atoms with Gasteiger partial charge in [-0.05, 0) is 30.9 Å². The van der Waals surface area contributed by atoms with Crippen molar-refractivity contribution in [1.82, 2.24) is 14.8 Å². The van der Waals surface area contributed by atoms with E-state index in [1.54, 1.807) is 12.4 Å². The number of aliphatic carboxylic acids is 2. The highest BCUT2D eigenvalue weighted by atomic mass is 19.4. The number of alkyl halides is 3. The molecule has 3 rings (SSSR count). The van der Waals surface area contributed by atoms with Crippen LogP contribution in [0.4, 0.5) is 13.2 Å². The van der Waals surface area contributed by atoms with E-state index in [4.69, 9.17) is 20.7 Å². The SMILES string of the molecule is NC(CCn1nc2c(c1C(=O)O)CCc1cnccc1-2)C(=O)O.O=C(O)C(F)(F)F. The van der Waals surface area contributed by atoms with Gasteiger partial charge in [0, 0.05) is 30.1 Å². The van der Waals surface area contributed by atoms with E-state index in [0.29, 0.717) is 24.1 Å². The maximum atomic E-state index is 11.6. The summed E-state index contributed by atoms with van der Waals surface area (Å²) in [7, 11) is 0. The van der Waals surface area contributed by atoms with Gasteiger partial charge in [0.25, 0.3) is 0 Å². The molecule has 1 unspecified atom stereocenters. The van der Waals surface area contributed by atoms with Crippen LogP contribution < -0.4 is 5.73 Å². The van der Waals surface area contributed by atoms with Crippen LogP contribution in [0.2, 0.25) is 0 Å². The van der Waals surface area contributed by atoms with Gasteiger partial charge in [-0.15, -0.1) is 0 Å². The summed E-state index contributed by atoms with van der Waals surface area (Å²) in [6, 6.07) is 0.772. The Bertz CT molecular complexity index is 973. The number of hydrogen-bond donors (Lipinski definition) is 4. The number of carboxylic acid groups (broad SMARTS) is 3. The summed E-state index contributed by atoms with van der Waals surface area (Å²) < 4.78 is 33.1. The number of rotatable bonds is 5. The molecule has 0 amide bonds. The van der Waals surface area contributed by atoms with Gasteiger partial charge >= 0.3 is 24.1 Å². The molecule has 0 bridgehead atoms. The first-order valence-electron chi connectivity index (χ1n) is 8.48. The molecular weight excluding hydrogens is 413 g/mol. The third-order valence-electron chi connectivity index (χ3n) is 4.27.